The molecule has 0 radical (unpaired) electrons. The van der Waals surface area contributed by atoms with Crippen LogP contribution in [0.4, 0.5) is 5.69 Å². The minimum atomic E-state index is -0.0556. The van der Waals surface area contributed by atoms with Crippen LogP contribution in [-0.2, 0) is 6.42 Å². The van der Waals surface area contributed by atoms with E-state index < -0.39 is 0 Å². The van der Waals surface area contributed by atoms with Crippen molar-refractivity contribution in [1.82, 2.24) is 5.32 Å². The maximum absolute atomic E-state index is 12.4. The number of amides is 1. The van der Waals surface area contributed by atoms with Crippen molar-refractivity contribution in [3.8, 4) is 0 Å². The molecule has 21 heavy (non-hydrogen) atoms. The molecule has 3 nitrogen and oxygen atoms in total. The smallest absolute Gasteiger partial charge is 0.251 e. The highest BCUT2D eigenvalue weighted by molar-refractivity contribution is 7.11. The van der Waals surface area contributed by atoms with Crippen LogP contribution < -0.4 is 11.1 Å². The molecule has 1 aromatic heterocycles. The van der Waals surface area contributed by atoms with Gasteiger partial charge in [0.15, 0.2) is 0 Å². The lowest BCUT2D eigenvalue weighted by Crippen LogP contribution is -2.34. The van der Waals surface area contributed by atoms with Crippen LogP contribution in [0.5, 0.6) is 0 Å². The molecule has 1 unspecified atom stereocenters. The van der Waals surface area contributed by atoms with Gasteiger partial charge in [-0.3, -0.25) is 4.79 Å². The fourth-order valence-corrected chi connectivity index (χ4v) is 3.38. The van der Waals surface area contributed by atoms with Crippen molar-refractivity contribution >= 4 is 22.9 Å². The quantitative estimate of drug-likeness (QED) is 0.848. The molecule has 4 heteroatoms. The maximum Gasteiger partial charge on any atom is 0.251 e. The summed E-state index contributed by atoms with van der Waals surface area (Å²) in [5, 5.41) is 3.05. The van der Waals surface area contributed by atoms with Crippen LogP contribution >= 0.6 is 11.3 Å². The van der Waals surface area contributed by atoms with E-state index in [4.69, 9.17) is 5.73 Å². The summed E-state index contributed by atoms with van der Waals surface area (Å²) in [6, 6.07) is 8.05. The second-order valence-electron chi connectivity index (χ2n) is 5.61. The Kier molecular flexibility index (Phi) is 4.68. The van der Waals surface area contributed by atoms with Crippen molar-refractivity contribution in [3.63, 3.8) is 0 Å². The number of rotatable bonds is 4. The SMILES string of the molecule is Cc1ccc(CC(C)NC(=O)c2cc(N)c(C)cc2C)s1. The molecule has 1 aromatic carbocycles. The van der Waals surface area contributed by atoms with Gasteiger partial charge >= 0.3 is 0 Å². The van der Waals surface area contributed by atoms with Gasteiger partial charge in [0.25, 0.3) is 5.91 Å². The molecule has 0 aliphatic heterocycles. The Balaban J connectivity index is 2.05. The van der Waals surface area contributed by atoms with E-state index in [1.807, 2.05) is 26.8 Å². The molecule has 0 fully saturated rings. The third-order valence-electron chi connectivity index (χ3n) is 3.54. The van der Waals surface area contributed by atoms with Gasteiger partial charge in [-0.1, -0.05) is 6.07 Å². The molecule has 2 rings (SSSR count). The van der Waals surface area contributed by atoms with Crippen LogP contribution in [0.2, 0.25) is 0 Å². The maximum atomic E-state index is 12.4. The number of hydrogen-bond acceptors (Lipinski definition) is 3. The summed E-state index contributed by atoms with van der Waals surface area (Å²) in [6.45, 7) is 8.01. The number of hydrogen-bond donors (Lipinski definition) is 2. The second-order valence-corrected chi connectivity index (χ2v) is 6.99. The fourth-order valence-electron chi connectivity index (χ4n) is 2.36. The van der Waals surface area contributed by atoms with Crippen LogP contribution in [0.25, 0.3) is 0 Å². The third-order valence-corrected chi connectivity index (χ3v) is 4.56. The predicted octanol–water partition coefficient (Wildman–Crippen LogP) is 3.62. The van der Waals surface area contributed by atoms with Crippen molar-refractivity contribution < 1.29 is 4.79 Å². The normalized spacial score (nSPS) is 12.2. The van der Waals surface area contributed by atoms with E-state index in [9.17, 15) is 4.79 Å². The zero-order valence-electron chi connectivity index (χ0n) is 13.0. The first kappa shape index (κ1) is 15.6. The lowest BCUT2D eigenvalue weighted by molar-refractivity contribution is 0.0939. The van der Waals surface area contributed by atoms with Gasteiger partial charge in [-0.15, -0.1) is 11.3 Å². The number of carbonyl (C=O) groups excluding carboxylic acids is 1. The lowest BCUT2D eigenvalue weighted by Gasteiger charge is -2.15. The standard InChI is InChI=1S/C17H22N2OS/c1-10-7-11(2)16(18)9-15(10)17(20)19-12(3)8-14-6-5-13(4)21-14/h5-7,9,12H,8,18H2,1-4H3,(H,19,20). The number of anilines is 1. The highest BCUT2D eigenvalue weighted by Gasteiger charge is 2.14. The van der Waals surface area contributed by atoms with Crippen molar-refractivity contribution in [2.75, 3.05) is 5.73 Å². The van der Waals surface area contributed by atoms with Gasteiger partial charge in [-0.05, 0) is 57.0 Å². The second kappa shape index (κ2) is 6.31. The van der Waals surface area contributed by atoms with Crippen LogP contribution in [0.3, 0.4) is 0 Å². The zero-order valence-corrected chi connectivity index (χ0v) is 13.8. The van der Waals surface area contributed by atoms with E-state index in [2.05, 4.69) is 24.4 Å². The summed E-state index contributed by atoms with van der Waals surface area (Å²) in [4.78, 5) is 15.0. The van der Waals surface area contributed by atoms with Gasteiger partial charge in [-0.2, -0.15) is 0 Å². The number of thiophene rings is 1. The average Bonchev–Trinajstić information content (AvgIpc) is 2.78. The van der Waals surface area contributed by atoms with Crippen molar-refractivity contribution in [2.45, 2.75) is 40.2 Å². The monoisotopic (exact) mass is 302 g/mol. The van der Waals surface area contributed by atoms with Crippen LogP contribution in [0.1, 0.15) is 38.2 Å². The number of nitrogens with two attached hydrogens (primary N) is 1. The number of aryl methyl sites for hydroxylation is 3. The van der Waals surface area contributed by atoms with Crippen molar-refractivity contribution in [1.29, 1.82) is 0 Å². The van der Waals surface area contributed by atoms with E-state index in [0.29, 0.717) is 11.3 Å². The Bertz CT molecular complexity index is 661. The number of nitrogens with one attached hydrogen (secondary N) is 1. The summed E-state index contributed by atoms with van der Waals surface area (Å²) in [5.74, 6) is -0.0556. The minimum Gasteiger partial charge on any atom is -0.398 e. The van der Waals surface area contributed by atoms with Gasteiger partial charge < -0.3 is 11.1 Å². The third kappa shape index (κ3) is 3.85. The zero-order chi connectivity index (χ0) is 15.6. The number of carbonyl (C=O) groups is 1. The highest BCUT2D eigenvalue weighted by Crippen LogP contribution is 2.19. The van der Waals surface area contributed by atoms with E-state index in [1.54, 1.807) is 17.4 Å². The summed E-state index contributed by atoms with van der Waals surface area (Å²) < 4.78 is 0. The molecule has 0 aliphatic rings. The molecular formula is C17H22N2OS. The van der Waals surface area contributed by atoms with Crippen LogP contribution in [0.15, 0.2) is 24.3 Å². The molecule has 1 amide bonds. The fraction of sp³-hybridized carbons (Fsp3) is 0.353. The minimum absolute atomic E-state index is 0.0556. The summed E-state index contributed by atoms with van der Waals surface area (Å²) in [6.07, 6.45) is 0.852. The number of benzene rings is 1. The van der Waals surface area contributed by atoms with Crippen molar-refractivity contribution in [3.05, 3.63) is 50.7 Å². The Hall–Kier alpha value is -1.81. The molecule has 112 valence electrons. The predicted molar refractivity (Wildman–Crippen MR) is 90.0 cm³/mol. The van der Waals surface area contributed by atoms with Crippen LogP contribution in [-0.4, -0.2) is 11.9 Å². The van der Waals surface area contributed by atoms with Gasteiger partial charge in [0, 0.05) is 33.5 Å². The summed E-state index contributed by atoms with van der Waals surface area (Å²) in [5.41, 5.74) is 9.19. The Labute approximate surface area is 130 Å². The first-order chi connectivity index (χ1) is 9.86. The molecule has 0 bridgehead atoms. The molecular weight excluding hydrogens is 280 g/mol. The molecule has 1 atom stereocenters. The largest absolute Gasteiger partial charge is 0.398 e. The van der Waals surface area contributed by atoms with E-state index in [0.717, 1.165) is 17.5 Å². The Morgan fingerprint density at radius 2 is 1.95 bits per heavy atom. The Morgan fingerprint density at radius 3 is 2.57 bits per heavy atom. The van der Waals surface area contributed by atoms with Crippen molar-refractivity contribution in [2.24, 2.45) is 0 Å². The van der Waals surface area contributed by atoms with E-state index >= 15 is 0 Å². The number of nitrogen functional groups attached to an aromatic ring is 1. The van der Waals surface area contributed by atoms with Gasteiger partial charge in [0.1, 0.15) is 0 Å². The van der Waals surface area contributed by atoms with Gasteiger partial charge in [0.2, 0.25) is 0 Å². The molecule has 0 saturated carbocycles. The average molecular weight is 302 g/mol. The highest BCUT2D eigenvalue weighted by atomic mass is 32.1. The first-order valence-electron chi connectivity index (χ1n) is 7.09. The van der Waals surface area contributed by atoms with Gasteiger partial charge in [-0.25, -0.2) is 0 Å². The molecule has 2 aromatic rings. The first-order valence-corrected chi connectivity index (χ1v) is 7.91. The van der Waals surface area contributed by atoms with Gasteiger partial charge in [0.05, 0.1) is 0 Å². The summed E-state index contributed by atoms with van der Waals surface area (Å²) in [7, 11) is 0. The molecule has 0 spiro atoms. The van der Waals surface area contributed by atoms with E-state index in [1.165, 1.54) is 9.75 Å². The molecule has 0 saturated heterocycles. The molecule has 0 aliphatic carbocycles. The Morgan fingerprint density at radius 1 is 1.24 bits per heavy atom. The summed E-state index contributed by atoms with van der Waals surface area (Å²) >= 11 is 1.78. The van der Waals surface area contributed by atoms with E-state index in [-0.39, 0.29) is 11.9 Å². The molecule has 3 N–H and O–H groups in total. The lowest BCUT2D eigenvalue weighted by atomic mass is 10.0. The topological polar surface area (TPSA) is 55.1 Å². The van der Waals surface area contributed by atoms with Crippen LogP contribution in [0, 0.1) is 20.8 Å². The molecule has 1 heterocycles.